The molecular weight excluding hydrogens is 419 g/mol. The van der Waals surface area contributed by atoms with Crippen LogP contribution in [0.25, 0.3) is 0 Å². The minimum Gasteiger partial charge on any atom is -0.357 e. The standard InChI is InChI=1S/C17H36N4S.HI/c1-6-18-16(20-14-17(3,4)22-5)19-11-9-13-21-12-8-7-10-15(21)2;/h15H,6-14H2,1-5H3,(H2,18,19,20);1H. The van der Waals surface area contributed by atoms with Crippen LogP contribution in [0, 0.1) is 0 Å². The number of nitrogens with one attached hydrogen (secondary N) is 2. The van der Waals surface area contributed by atoms with Gasteiger partial charge in [0.05, 0.1) is 6.54 Å². The van der Waals surface area contributed by atoms with Crippen molar-refractivity contribution in [2.45, 2.75) is 64.2 Å². The third-order valence-corrected chi connectivity index (χ3v) is 5.60. The predicted octanol–water partition coefficient (Wildman–Crippen LogP) is 3.57. The molecule has 1 rings (SSSR count). The molecule has 0 aliphatic carbocycles. The van der Waals surface area contributed by atoms with Crippen LogP contribution in [0.2, 0.25) is 0 Å². The number of hydrogen-bond donors (Lipinski definition) is 2. The first-order valence-corrected chi connectivity index (χ1v) is 10.0. The van der Waals surface area contributed by atoms with Gasteiger partial charge in [0.15, 0.2) is 5.96 Å². The van der Waals surface area contributed by atoms with E-state index >= 15 is 0 Å². The van der Waals surface area contributed by atoms with Crippen LogP contribution in [0.5, 0.6) is 0 Å². The van der Waals surface area contributed by atoms with Gasteiger partial charge in [-0.25, -0.2) is 0 Å². The maximum Gasteiger partial charge on any atom is 0.191 e. The van der Waals surface area contributed by atoms with Crippen LogP contribution in [0.1, 0.15) is 53.4 Å². The summed E-state index contributed by atoms with van der Waals surface area (Å²) in [4.78, 5) is 7.35. The molecule has 0 spiro atoms. The summed E-state index contributed by atoms with van der Waals surface area (Å²) >= 11 is 1.87. The van der Waals surface area contributed by atoms with Gasteiger partial charge >= 0.3 is 0 Å². The molecule has 0 aromatic carbocycles. The number of aliphatic imine (C=N–C) groups is 1. The predicted molar refractivity (Wildman–Crippen MR) is 116 cm³/mol. The fourth-order valence-corrected chi connectivity index (χ4v) is 2.85. The maximum absolute atomic E-state index is 4.72. The van der Waals surface area contributed by atoms with Gasteiger partial charge in [-0.2, -0.15) is 11.8 Å². The average molecular weight is 456 g/mol. The Morgan fingerprint density at radius 3 is 2.65 bits per heavy atom. The zero-order valence-electron chi connectivity index (χ0n) is 15.7. The molecule has 0 bridgehead atoms. The van der Waals surface area contributed by atoms with E-state index in [9.17, 15) is 0 Å². The van der Waals surface area contributed by atoms with E-state index in [2.05, 4.69) is 49.5 Å². The molecule has 1 saturated heterocycles. The second-order valence-electron chi connectivity index (χ2n) is 6.82. The van der Waals surface area contributed by atoms with Crippen molar-refractivity contribution in [3.05, 3.63) is 0 Å². The number of nitrogens with zero attached hydrogens (tertiary/aromatic N) is 2. The van der Waals surface area contributed by atoms with Gasteiger partial charge in [0.1, 0.15) is 0 Å². The van der Waals surface area contributed by atoms with E-state index < -0.39 is 0 Å². The van der Waals surface area contributed by atoms with Crippen LogP contribution in [0.15, 0.2) is 4.99 Å². The normalized spacial score (nSPS) is 20.0. The second-order valence-corrected chi connectivity index (χ2v) is 8.33. The molecule has 4 nitrogen and oxygen atoms in total. The Hall–Kier alpha value is 0.310. The molecule has 138 valence electrons. The first kappa shape index (κ1) is 23.3. The van der Waals surface area contributed by atoms with Crippen LogP contribution >= 0.6 is 35.7 Å². The number of likely N-dealkylation sites (tertiary alicyclic amines) is 1. The molecule has 1 aliphatic rings. The Balaban J connectivity index is 0.00000484. The molecule has 1 heterocycles. The van der Waals surface area contributed by atoms with Crippen molar-refractivity contribution in [1.82, 2.24) is 15.5 Å². The minimum atomic E-state index is 0. The van der Waals surface area contributed by atoms with Gasteiger partial charge in [0.2, 0.25) is 0 Å². The number of thioether (sulfide) groups is 1. The monoisotopic (exact) mass is 456 g/mol. The molecule has 0 aromatic heterocycles. The lowest BCUT2D eigenvalue weighted by molar-refractivity contribution is 0.159. The number of guanidine groups is 1. The summed E-state index contributed by atoms with van der Waals surface area (Å²) < 4.78 is 0.200. The van der Waals surface area contributed by atoms with Crippen LogP contribution in [0.3, 0.4) is 0 Å². The summed E-state index contributed by atoms with van der Waals surface area (Å²) in [6.45, 7) is 14.2. The quantitative estimate of drug-likeness (QED) is 0.254. The van der Waals surface area contributed by atoms with Crippen molar-refractivity contribution in [2.75, 3.05) is 39.0 Å². The summed E-state index contributed by atoms with van der Waals surface area (Å²) in [5.41, 5.74) is 0. The summed E-state index contributed by atoms with van der Waals surface area (Å²) in [6, 6.07) is 0.762. The lowest BCUT2D eigenvalue weighted by Crippen LogP contribution is -2.41. The molecule has 1 aliphatic heterocycles. The Kier molecular flexibility index (Phi) is 12.8. The molecule has 1 atom stereocenters. The van der Waals surface area contributed by atoms with E-state index in [4.69, 9.17) is 4.99 Å². The van der Waals surface area contributed by atoms with Crippen LogP contribution in [-0.2, 0) is 0 Å². The van der Waals surface area contributed by atoms with Crippen molar-refractivity contribution in [3.63, 3.8) is 0 Å². The Bertz CT molecular complexity index is 337. The first-order chi connectivity index (χ1) is 10.5. The molecule has 2 N–H and O–H groups in total. The SMILES string of the molecule is CCNC(=NCC(C)(C)SC)NCCCN1CCCCC1C.I. The highest BCUT2D eigenvalue weighted by atomic mass is 127. The van der Waals surface area contributed by atoms with Crippen molar-refractivity contribution in [2.24, 2.45) is 4.99 Å². The Morgan fingerprint density at radius 1 is 1.30 bits per heavy atom. The summed E-state index contributed by atoms with van der Waals surface area (Å²) in [7, 11) is 0. The van der Waals surface area contributed by atoms with Crippen molar-refractivity contribution >= 4 is 41.7 Å². The van der Waals surface area contributed by atoms with Crippen molar-refractivity contribution in [1.29, 1.82) is 0 Å². The number of hydrogen-bond acceptors (Lipinski definition) is 3. The fraction of sp³-hybridized carbons (Fsp3) is 0.941. The first-order valence-electron chi connectivity index (χ1n) is 8.80. The molecule has 1 fully saturated rings. The highest BCUT2D eigenvalue weighted by Gasteiger charge is 2.17. The molecule has 6 heteroatoms. The molecule has 0 amide bonds. The van der Waals surface area contributed by atoms with Crippen LogP contribution < -0.4 is 10.6 Å². The van der Waals surface area contributed by atoms with E-state index in [1.165, 1.54) is 38.8 Å². The molecule has 23 heavy (non-hydrogen) atoms. The number of piperidine rings is 1. The van der Waals surface area contributed by atoms with Gasteiger partial charge in [-0.15, -0.1) is 24.0 Å². The Labute approximate surface area is 165 Å². The largest absolute Gasteiger partial charge is 0.357 e. The molecule has 1 unspecified atom stereocenters. The van der Waals surface area contributed by atoms with Crippen molar-refractivity contribution in [3.8, 4) is 0 Å². The average Bonchev–Trinajstić information content (AvgIpc) is 2.50. The fourth-order valence-electron chi connectivity index (χ4n) is 2.65. The highest BCUT2D eigenvalue weighted by molar-refractivity contribution is 14.0. The summed E-state index contributed by atoms with van der Waals surface area (Å²) in [6.07, 6.45) is 7.46. The van der Waals surface area contributed by atoms with Crippen LogP contribution in [-0.4, -0.2) is 60.6 Å². The third kappa shape index (κ3) is 10.0. The maximum atomic E-state index is 4.72. The highest BCUT2D eigenvalue weighted by Crippen LogP contribution is 2.21. The van der Waals surface area contributed by atoms with Gasteiger partial charge in [0, 0.05) is 30.4 Å². The number of halogens is 1. The van der Waals surface area contributed by atoms with E-state index in [-0.39, 0.29) is 28.7 Å². The molecule has 0 saturated carbocycles. The smallest absolute Gasteiger partial charge is 0.191 e. The van der Waals surface area contributed by atoms with E-state index in [1.54, 1.807) is 0 Å². The van der Waals surface area contributed by atoms with Crippen LogP contribution in [0.4, 0.5) is 0 Å². The van der Waals surface area contributed by atoms with Gasteiger partial charge in [0.25, 0.3) is 0 Å². The summed E-state index contributed by atoms with van der Waals surface area (Å²) in [5.74, 6) is 0.955. The van der Waals surface area contributed by atoms with Gasteiger partial charge < -0.3 is 15.5 Å². The Morgan fingerprint density at radius 2 is 2.04 bits per heavy atom. The van der Waals surface area contributed by atoms with E-state index in [1.807, 2.05) is 11.8 Å². The third-order valence-electron chi connectivity index (χ3n) is 4.37. The van der Waals surface area contributed by atoms with E-state index in [0.717, 1.165) is 31.6 Å². The zero-order chi connectivity index (χ0) is 16.4. The summed E-state index contributed by atoms with van der Waals surface area (Å²) in [5, 5.41) is 6.82. The lowest BCUT2D eigenvalue weighted by Gasteiger charge is -2.33. The second kappa shape index (κ2) is 12.6. The minimum absolute atomic E-state index is 0. The topological polar surface area (TPSA) is 39.7 Å². The van der Waals surface area contributed by atoms with E-state index in [0.29, 0.717) is 0 Å². The molecule has 0 aromatic rings. The van der Waals surface area contributed by atoms with Gasteiger partial charge in [-0.3, -0.25) is 4.99 Å². The number of rotatable bonds is 8. The van der Waals surface area contributed by atoms with Gasteiger partial charge in [-0.1, -0.05) is 6.42 Å². The lowest BCUT2D eigenvalue weighted by atomic mass is 10.0. The molecule has 0 radical (unpaired) electrons. The zero-order valence-corrected chi connectivity index (χ0v) is 18.8. The van der Waals surface area contributed by atoms with Gasteiger partial charge in [-0.05, 0) is 59.8 Å². The van der Waals surface area contributed by atoms with Crippen molar-refractivity contribution < 1.29 is 0 Å². The molecular formula is C17H37IN4S.